The molecule has 0 aliphatic carbocycles. The van der Waals surface area contributed by atoms with E-state index in [0.717, 1.165) is 27.9 Å². The molecule has 0 N–H and O–H groups in total. The quantitative estimate of drug-likeness (QED) is 0.391. The van der Waals surface area contributed by atoms with E-state index in [1.54, 1.807) is 12.5 Å². The van der Waals surface area contributed by atoms with Gasteiger partial charge >= 0.3 is 6.18 Å². The van der Waals surface area contributed by atoms with Gasteiger partial charge in [-0.05, 0) is 49.2 Å². The number of anilines is 1. The Balaban J connectivity index is 1.66. The summed E-state index contributed by atoms with van der Waals surface area (Å²) in [6, 6.07) is 10.3. The Kier molecular flexibility index (Phi) is 5.77. The van der Waals surface area contributed by atoms with Crippen LogP contribution in [0.3, 0.4) is 0 Å². The first-order valence-corrected chi connectivity index (χ1v) is 10.4. The summed E-state index contributed by atoms with van der Waals surface area (Å²) in [5.41, 5.74) is 0.949. The Labute approximate surface area is 180 Å². The van der Waals surface area contributed by atoms with Gasteiger partial charge in [-0.25, -0.2) is 9.97 Å². The van der Waals surface area contributed by atoms with Crippen LogP contribution in [0, 0.1) is 6.92 Å². The van der Waals surface area contributed by atoms with E-state index in [1.165, 1.54) is 28.4 Å². The van der Waals surface area contributed by atoms with Crippen molar-refractivity contribution >= 4 is 32.6 Å². The zero-order chi connectivity index (χ0) is 22.0. The molecule has 4 rings (SSSR count). The molecule has 0 aliphatic heterocycles. The number of aromatic nitrogens is 3. The lowest BCUT2D eigenvalue weighted by atomic mass is 10.1. The Morgan fingerprint density at radius 3 is 2.77 bits per heavy atom. The molecule has 0 saturated heterocycles. The molecule has 0 saturated carbocycles. The molecule has 0 fully saturated rings. The second kappa shape index (κ2) is 8.50. The first-order chi connectivity index (χ1) is 14.8. The van der Waals surface area contributed by atoms with Crippen molar-refractivity contribution in [3.05, 3.63) is 77.9 Å². The van der Waals surface area contributed by atoms with Gasteiger partial charge in [0.2, 0.25) is 0 Å². The van der Waals surface area contributed by atoms with E-state index in [9.17, 15) is 18.0 Å². The predicted molar refractivity (Wildman–Crippen MR) is 114 cm³/mol. The van der Waals surface area contributed by atoms with Crippen LogP contribution in [0.1, 0.15) is 27.9 Å². The van der Waals surface area contributed by atoms with Crippen molar-refractivity contribution in [3.8, 4) is 0 Å². The molecule has 0 aliphatic rings. The first kappa shape index (κ1) is 21.0. The maximum absolute atomic E-state index is 13.3. The summed E-state index contributed by atoms with van der Waals surface area (Å²) in [7, 11) is 0. The highest BCUT2D eigenvalue weighted by atomic mass is 32.1. The second-order valence-corrected chi connectivity index (χ2v) is 8.17. The highest BCUT2D eigenvalue weighted by Gasteiger charge is 2.31. The fourth-order valence-corrected chi connectivity index (χ4v) is 4.32. The average Bonchev–Trinajstić information content (AvgIpc) is 3.39. The minimum atomic E-state index is -4.52. The van der Waals surface area contributed by atoms with E-state index in [4.69, 9.17) is 0 Å². The van der Waals surface area contributed by atoms with Crippen LogP contribution in [-0.4, -0.2) is 27.0 Å². The third kappa shape index (κ3) is 4.77. The van der Waals surface area contributed by atoms with E-state index in [-0.39, 0.29) is 5.56 Å². The third-order valence-corrected chi connectivity index (χ3v) is 5.84. The molecule has 0 spiro atoms. The molecule has 0 bridgehead atoms. The Morgan fingerprint density at radius 1 is 1.19 bits per heavy atom. The number of hydrogen-bond acceptors (Lipinski definition) is 4. The monoisotopic (exact) mass is 444 g/mol. The topological polar surface area (TPSA) is 51.0 Å². The number of rotatable bonds is 6. The molecule has 9 heteroatoms. The molecule has 2 heterocycles. The van der Waals surface area contributed by atoms with Crippen LogP contribution in [0.5, 0.6) is 0 Å². The maximum atomic E-state index is 13.3. The van der Waals surface area contributed by atoms with Crippen molar-refractivity contribution in [1.29, 1.82) is 0 Å². The summed E-state index contributed by atoms with van der Waals surface area (Å²) in [5.74, 6) is -0.507. The lowest BCUT2D eigenvalue weighted by molar-refractivity contribution is -0.137. The zero-order valence-electron chi connectivity index (χ0n) is 16.6. The lowest BCUT2D eigenvalue weighted by Gasteiger charge is -2.20. The fraction of sp³-hybridized carbons (Fsp3) is 0.227. The van der Waals surface area contributed by atoms with Gasteiger partial charge in [-0.2, -0.15) is 13.2 Å². The van der Waals surface area contributed by atoms with Gasteiger partial charge in [0.15, 0.2) is 5.13 Å². The molecule has 2 aromatic carbocycles. The van der Waals surface area contributed by atoms with Crippen LogP contribution >= 0.6 is 11.3 Å². The molecule has 0 atom stereocenters. The Bertz CT molecular complexity index is 1200. The number of carbonyl (C=O) groups excluding carboxylic acids is 1. The summed E-state index contributed by atoms with van der Waals surface area (Å²) < 4.78 is 42.3. The van der Waals surface area contributed by atoms with E-state index < -0.39 is 17.6 Å². The van der Waals surface area contributed by atoms with Crippen LogP contribution in [0.2, 0.25) is 0 Å². The zero-order valence-corrected chi connectivity index (χ0v) is 17.5. The van der Waals surface area contributed by atoms with E-state index in [2.05, 4.69) is 9.97 Å². The standard InChI is InChI=1S/C22H19F3N4OS/c1-15-6-7-18-19(12-15)31-21(27-18)29(10-3-9-28-11-8-26-14-28)20(30)16-4-2-5-17(13-16)22(23,24)25/h2,4-8,11-14H,3,9-10H2,1H3. The first-order valence-electron chi connectivity index (χ1n) is 9.63. The molecule has 1 amide bonds. The normalized spacial score (nSPS) is 11.7. The van der Waals surface area contributed by atoms with Crippen LogP contribution < -0.4 is 4.90 Å². The fourth-order valence-electron chi connectivity index (χ4n) is 3.23. The van der Waals surface area contributed by atoms with Crippen molar-refractivity contribution < 1.29 is 18.0 Å². The molecule has 2 aromatic heterocycles. The number of benzene rings is 2. The number of nitrogens with zero attached hydrogens (tertiary/aromatic N) is 4. The number of fused-ring (bicyclic) bond motifs is 1. The van der Waals surface area contributed by atoms with Crippen LogP contribution in [0.15, 0.2) is 61.2 Å². The van der Waals surface area contributed by atoms with Gasteiger partial charge in [0, 0.05) is 31.0 Å². The summed E-state index contributed by atoms with van der Waals surface area (Å²) >= 11 is 1.35. The molecule has 0 radical (unpaired) electrons. The van der Waals surface area contributed by atoms with Gasteiger partial charge in [-0.1, -0.05) is 23.5 Å². The van der Waals surface area contributed by atoms with E-state index in [0.29, 0.717) is 24.6 Å². The third-order valence-electron chi connectivity index (χ3n) is 4.80. The van der Waals surface area contributed by atoms with E-state index in [1.807, 2.05) is 35.9 Å². The highest BCUT2D eigenvalue weighted by molar-refractivity contribution is 7.22. The van der Waals surface area contributed by atoms with Gasteiger partial charge < -0.3 is 4.57 Å². The van der Waals surface area contributed by atoms with Gasteiger partial charge in [0.25, 0.3) is 5.91 Å². The number of thiazole rings is 1. The molecule has 4 aromatic rings. The molecule has 31 heavy (non-hydrogen) atoms. The van der Waals surface area contributed by atoms with Crippen molar-refractivity contribution in [2.45, 2.75) is 26.1 Å². The Hall–Kier alpha value is -3.20. The number of carbonyl (C=O) groups is 1. The van der Waals surface area contributed by atoms with E-state index >= 15 is 0 Å². The molecule has 5 nitrogen and oxygen atoms in total. The lowest BCUT2D eigenvalue weighted by Crippen LogP contribution is -2.32. The minimum absolute atomic E-state index is 0.0205. The van der Waals surface area contributed by atoms with Crippen molar-refractivity contribution in [1.82, 2.24) is 14.5 Å². The molecular weight excluding hydrogens is 425 g/mol. The van der Waals surface area contributed by atoms with Gasteiger partial charge in [0.1, 0.15) is 0 Å². The second-order valence-electron chi connectivity index (χ2n) is 7.16. The number of hydrogen-bond donors (Lipinski definition) is 0. The smallest absolute Gasteiger partial charge is 0.337 e. The van der Waals surface area contributed by atoms with Crippen LogP contribution in [0.4, 0.5) is 18.3 Å². The summed E-state index contributed by atoms with van der Waals surface area (Å²) in [6.45, 7) is 2.90. The SMILES string of the molecule is Cc1ccc2nc(N(CCCn3ccnc3)C(=O)c3cccc(C(F)(F)F)c3)sc2c1. The Morgan fingerprint density at radius 2 is 2.03 bits per heavy atom. The number of halogens is 3. The summed E-state index contributed by atoms with van der Waals surface area (Å²) in [5, 5.41) is 0.466. The minimum Gasteiger partial charge on any atom is -0.337 e. The number of alkyl halides is 3. The summed E-state index contributed by atoms with van der Waals surface area (Å²) in [4.78, 5) is 23.3. The number of aryl methyl sites for hydroxylation is 2. The van der Waals surface area contributed by atoms with Crippen LogP contribution in [-0.2, 0) is 12.7 Å². The van der Waals surface area contributed by atoms with Crippen molar-refractivity contribution in [2.75, 3.05) is 11.4 Å². The number of amides is 1. The van der Waals surface area contributed by atoms with Gasteiger partial charge in [0.05, 0.1) is 22.1 Å². The van der Waals surface area contributed by atoms with Crippen molar-refractivity contribution in [3.63, 3.8) is 0 Å². The number of imidazole rings is 1. The molecule has 0 unspecified atom stereocenters. The average molecular weight is 444 g/mol. The van der Waals surface area contributed by atoms with Crippen LogP contribution in [0.25, 0.3) is 10.2 Å². The maximum Gasteiger partial charge on any atom is 0.416 e. The van der Waals surface area contributed by atoms with Gasteiger partial charge in [-0.15, -0.1) is 0 Å². The summed E-state index contributed by atoms with van der Waals surface area (Å²) in [6.07, 6.45) is 1.24. The molecule has 160 valence electrons. The molecular formula is C22H19F3N4OS. The van der Waals surface area contributed by atoms with Crippen molar-refractivity contribution in [2.24, 2.45) is 0 Å². The highest BCUT2D eigenvalue weighted by Crippen LogP contribution is 2.32. The van der Waals surface area contributed by atoms with Gasteiger partial charge in [-0.3, -0.25) is 9.69 Å². The predicted octanol–water partition coefficient (Wildman–Crippen LogP) is 5.56. The largest absolute Gasteiger partial charge is 0.416 e.